The first-order valence-electron chi connectivity index (χ1n) is 10.7. The number of carboxylic acid groups (broad SMARTS) is 1. The van der Waals surface area contributed by atoms with Gasteiger partial charge in [0, 0.05) is 24.2 Å². The van der Waals surface area contributed by atoms with Crippen molar-refractivity contribution in [1.82, 2.24) is 0 Å². The van der Waals surface area contributed by atoms with Crippen molar-refractivity contribution < 1.29 is 23.1 Å². The molecule has 1 saturated heterocycles. The molecular formula is C26H28F3NO2. The predicted octanol–water partition coefficient (Wildman–Crippen LogP) is 6.98. The quantitative estimate of drug-likeness (QED) is 0.387. The van der Waals surface area contributed by atoms with Crippen molar-refractivity contribution >= 4 is 11.7 Å². The second kappa shape index (κ2) is 9.63. The summed E-state index contributed by atoms with van der Waals surface area (Å²) in [7, 11) is 0. The van der Waals surface area contributed by atoms with Gasteiger partial charge in [-0.3, -0.25) is 0 Å². The number of carbonyl (C=O) groups is 1. The highest BCUT2D eigenvalue weighted by atomic mass is 19.4. The molecule has 1 fully saturated rings. The zero-order valence-electron chi connectivity index (χ0n) is 18.3. The van der Waals surface area contributed by atoms with Crippen LogP contribution in [0.25, 0.3) is 0 Å². The van der Waals surface area contributed by atoms with E-state index in [-0.39, 0.29) is 12.0 Å². The lowest BCUT2D eigenvalue weighted by Gasteiger charge is -2.44. The standard InChI is InChI=1S/C26H28F3NO2/c1-4-5-23-20(16-24(31)32)14-15-30(22-12-8-18(9-13-22)17(2)3)25(23)19-6-10-21(11-7-19)26(27,28)29/h4,6-13,16-17,23,25H,1,5,14-15H2,2-3H3,(H,31,32)/b20-16+/t23-,25+/m1/s1. The van der Waals surface area contributed by atoms with Crippen molar-refractivity contribution in [1.29, 1.82) is 0 Å². The second-order valence-corrected chi connectivity index (χ2v) is 8.44. The molecule has 6 heteroatoms. The molecule has 1 aliphatic heterocycles. The third kappa shape index (κ3) is 5.23. The molecule has 170 valence electrons. The summed E-state index contributed by atoms with van der Waals surface area (Å²) in [6.45, 7) is 8.63. The topological polar surface area (TPSA) is 40.5 Å². The molecule has 0 radical (unpaired) electrons. The van der Waals surface area contributed by atoms with Gasteiger partial charge >= 0.3 is 12.1 Å². The Hall–Kier alpha value is -3.02. The molecule has 0 amide bonds. The van der Waals surface area contributed by atoms with Crippen LogP contribution in [0.15, 0.2) is 72.8 Å². The van der Waals surface area contributed by atoms with Gasteiger partial charge in [-0.15, -0.1) is 6.58 Å². The molecule has 0 bridgehead atoms. The van der Waals surface area contributed by atoms with Crippen LogP contribution in [0.2, 0.25) is 0 Å². The Morgan fingerprint density at radius 1 is 1.16 bits per heavy atom. The number of hydrogen-bond donors (Lipinski definition) is 1. The molecule has 0 unspecified atom stereocenters. The summed E-state index contributed by atoms with van der Waals surface area (Å²) in [4.78, 5) is 13.6. The minimum absolute atomic E-state index is 0.209. The summed E-state index contributed by atoms with van der Waals surface area (Å²) >= 11 is 0. The number of nitrogens with zero attached hydrogens (tertiary/aromatic N) is 1. The molecule has 0 aromatic heterocycles. The Morgan fingerprint density at radius 3 is 2.28 bits per heavy atom. The first kappa shape index (κ1) is 23.6. The van der Waals surface area contributed by atoms with Crippen molar-refractivity contribution in [2.45, 2.75) is 44.8 Å². The van der Waals surface area contributed by atoms with Gasteiger partial charge in [-0.2, -0.15) is 13.2 Å². The van der Waals surface area contributed by atoms with Gasteiger partial charge in [0.1, 0.15) is 0 Å². The van der Waals surface area contributed by atoms with Crippen LogP contribution in [0.3, 0.4) is 0 Å². The van der Waals surface area contributed by atoms with Gasteiger partial charge in [-0.1, -0.05) is 49.8 Å². The van der Waals surface area contributed by atoms with E-state index >= 15 is 0 Å². The van der Waals surface area contributed by atoms with E-state index in [0.717, 1.165) is 23.4 Å². The third-order valence-electron chi connectivity index (χ3n) is 6.03. The fourth-order valence-electron chi connectivity index (χ4n) is 4.41. The van der Waals surface area contributed by atoms with Gasteiger partial charge in [0.05, 0.1) is 11.6 Å². The van der Waals surface area contributed by atoms with Crippen molar-refractivity contribution in [3.63, 3.8) is 0 Å². The number of rotatable bonds is 6. The van der Waals surface area contributed by atoms with E-state index in [0.29, 0.717) is 30.9 Å². The molecule has 3 rings (SSSR count). The minimum Gasteiger partial charge on any atom is -0.478 e. The zero-order valence-corrected chi connectivity index (χ0v) is 18.3. The van der Waals surface area contributed by atoms with E-state index in [2.05, 4.69) is 37.5 Å². The smallest absolute Gasteiger partial charge is 0.416 e. The largest absolute Gasteiger partial charge is 0.478 e. The van der Waals surface area contributed by atoms with Crippen molar-refractivity contribution in [3.05, 3.63) is 89.5 Å². The monoisotopic (exact) mass is 443 g/mol. The average Bonchev–Trinajstić information content (AvgIpc) is 2.74. The van der Waals surface area contributed by atoms with E-state index in [1.165, 1.54) is 23.8 Å². The van der Waals surface area contributed by atoms with Crippen molar-refractivity contribution in [3.8, 4) is 0 Å². The predicted molar refractivity (Wildman–Crippen MR) is 121 cm³/mol. The van der Waals surface area contributed by atoms with Crippen LogP contribution in [-0.2, 0) is 11.0 Å². The fraction of sp³-hybridized carbons (Fsp3) is 0.346. The number of carboxylic acids is 1. The Morgan fingerprint density at radius 2 is 1.78 bits per heavy atom. The molecule has 0 spiro atoms. The van der Waals surface area contributed by atoms with Crippen LogP contribution in [-0.4, -0.2) is 17.6 Å². The van der Waals surface area contributed by atoms with Gasteiger partial charge in [0.15, 0.2) is 0 Å². The Bertz CT molecular complexity index is 976. The summed E-state index contributed by atoms with van der Waals surface area (Å²) in [5.74, 6) is -0.844. The summed E-state index contributed by atoms with van der Waals surface area (Å²) < 4.78 is 39.3. The van der Waals surface area contributed by atoms with Crippen molar-refractivity contribution in [2.75, 3.05) is 11.4 Å². The number of piperidine rings is 1. The molecule has 3 nitrogen and oxygen atoms in total. The maximum Gasteiger partial charge on any atom is 0.416 e. The SMILES string of the molecule is C=CC[C@@H]1/C(=C/C(=O)O)CCN(c2ccc(C(C)C)cc2)[C@H]1c1ccc(C(F)(F)F)cc1. The van der Waals surface area contributed by atoms with E-state index in [1.807, 2.05) is 12.1 Å². The number of halogens is 3. The Balaban J connectivity index is 2.08. The van der Waals surface area contributed by atoms with E-state index in [4.69, 9.17) is 0 Å². The first-order valence-corrected chi connectivity index (χ1v) is 10.7. The van der Waals surface area contributed by atoms with E-state index in [9.17, 15) is 23.1 Å². The van der Waals surface area contributed by atoms with Gasteiger partial charge in [0.2, 0.25) is 0 Å². The highest BCUT2D eigenvalue weighted by Crippen LogP contribution is 2.44. The number of aliphatic carboxylic acids is 1. The average molecular weight is 444 g/mol. The van der Waals surface area contributed by atoms with Gasteiger partial charge in [-0.05, 0) is 54.2 Å². The summed E-state index contributed by atoms with van der Waals surface area (Å²) in [5, 5.41) is 9.36. The van der Waals surface area contributed by atoms with Crippen molar-refractivity contribution in [2.24, 2.45) is 5.92 Å². The van der Waals surface area contributed by atoms with Gasteiger partial charge in [0.25, 0.3) is 0 Å². The molecular weight excluding hydrogens is 415 g/mol. The fourth-order valence-corrected chi connectivity index (χ4v) is 4.41. The number of hydrogen-bond acceptors (Lipinski definition) is 2. The highest BCUT2D eigenvalue weighted by Gasteiger charge is 2.36. The maximum atomic E-state index is 13.1. The summed E-state index contributed by atoms with van der Waals surface area (Å²) in [6, 6.07) is 13.1. The molecule has 2 atom stereocenters. The van der Waals surface area contributed by atoms with Gasteiger partial charge < -0.3 is 10.0 Å². The van der Waals surface area contributed by atoms with Crippen LogP contribution in [0.5, 0.6) is 0 Å². The lowest BCUT2D eigenvalue weighted by Crippen LogP contribution is -2.40. The second-order valence-electron chi connectivity index (χ2n) is 8.44. The lowest BCUT2D eigenvalue weighted by molar-refractivity contribution is -0.137. The van der Waals surface area contributed by atoms with Crippen LogP contribution in [0, 0.1) is 5.92 Å². The highest BCUT2D eigenvalue weighted by molar-refractivity contribution is 5.81. The number of anilines is 1. The molecule has 1 aliphatic rings. The molecule has 2 aromatic carbocycles. The van der Waals surface area contributed by atoms with Crippen LogP contribution in [0.4, 0.5) is 18.9 Å². The molecule has 32 heavy (non-hydrogen) atoms. The van der Waals surface area contributed by atoms with Crippen LogP contribution < -0.4 is 4.90 Å². The number of benzene rings is 2. The Kier molecular flexibility index (Phi) is 7.12. The summed E-state index contributed by atoms with van der Waals surface area (Å²) in [6.07, 6.45) is -0.348. The first-order chi connectivity index (χ1) is 15.1. The van der Waals surface area contributed by atoms with Gasteiger partial charge in [-0.25, -0.2) is 4.79 Å². The van der Waals surface area contributed by atoms with E-state index < -0.39 is 17.7 Å². The third-order valence-corrected chi connectivity index (χ3v) is 6.03. The number of allylic oxidation sites excluding steroid dienone is 1. The number of alkyl halides is 3. The maximum absolute atomic E-state index is 13.1. The molecule has 1 heterocycles. The van der Waals surface area contributed by atoms with E-state index in [1.54, 1.807) is 6.08 Å². The van der Waals surface area contributed by atoms with Crippen LogP contribution in [0.1, 0.15) is 55.3 Å². The normalized spacial score (nSPS) is 20.6. The van der Waals surface area contributed by atoms with Crippen LogP contribution >= 0.6 is 0 Å². The molecule has 1 N–H and O–H groups in total. The lowest BCUT2D eigenvalue weighted by atomic mass is 9.78. The molecule has 0 aliphatic carbocycles. The Labute approximate surface area is 186 Å². The molecule has 2 aromatic rings. The minimum atomic E-state index is -4.41. The molecule has 0 saturated carbocycles. The zero-order chi connectivity index (χ0) is 23.5. The summed E-state index contributed by atoms with van der Waals surface area (Å²) in [5.41, 5.74) is 2.95.